The molecule has 7 nitrogen and oxygen atoms in total. The van der Waals surface area contributed by atoms with Crippen LogP contribution in [0.5, 0.6) is 0 Å². The maximum atomic E-state index is 12.5. The first kappa shape index (κ1) is 16.9. The number of aryl methyl sites for hydroxylation is 1. The Bertz CT molecular complexity index is 930. The van der Waals surface area contributed by atoms with Gasteiger partial charge in [-0.3, -0.25) is 14.2 Å². The van der Waals surface area contributed by atoms with Gasteiger partial charge in [0.2, 0.25) is 5.91 Å². The summed E-state index contributed by atoms with van der Waals surface area (Å²) in [4.78, 5) is 28.7. The third-order valence-corrected chi connectivity index (χ3v) is 4.10. The Morgan fingerprint density at radius 2 is 2.08 bits per heavy atom. The normalized spacial score (nSPS) is 12.2. The summed E-state index contributed by atoms with van der Waals surface area (Å²) in [6.45, 7) is 4.18. The lowest BCUT2D eigenvalue weighted by atomic mass is 10.1. The summed E-state index contributed by atoms with van der Waals surface area (Å²) < 4.78 is 6.59. The van der Waals surface area contributed by atoms with Crippen molar-refractivity contribution in [3.63, 3.8) is 0 Å². The largest absolute Gasteiger partial charge is 0.354 e. The zero-order chi connectivity index (χ0) is 17.8. The molecule has 1 amide bonds. The van der Waals surface area contributed by atoms with E-state index in [0.29, 0.717) is 11.2 Å². The van der Waals surface area contributed by atoms with E-state index in [-0.39, 0.29) is 36.1 Å². The molecule has 0 aliphatic heterocycles. The second kappa shape index (κ2) is 7.29. The minimum Gasteiger partial charge on any atom is -0.354 e. The standard InChI is InChI=1S/C18H20N4O3/c1-3-12(2)20-14(23)9-10-22-11-19-16-15(13-7-5-4-6-8-13)21-25-17(16)18(22)24/h4-8,11-12H,3,9-10H2,1-2H3,(H,20,23)/t12-/m0/s1. The third kappa shape index (κ3) is 3.60. The molecule has 7 heteroatoms. The topological polar surface area (TPSA) is 90.0 Å². The highest BCUT2D eigenvalue weighted by atomic mass is 16.5. The van der Waals surface area contributed by atoms with Crippen LogP contribution in [-0.2, 0) is 11.3 Å². The second-order valence-electron chi connectivity index (χ2n) is 5.94. The number of rotatable bonds is 6. The second-order valence-corrected chi connectivity index (χ2v) is 5.94. The molecule has 130 valence electrons. The highest BCUT2D eigenvalue weighted by Gasteiger charge is 2.16. The molecule has 0 unspecified atom stereocenters. The fraction of sp³-hybridized carbons (Fsp3) is 0.333. The van der Waals surface area contributed by atoms with Gasteiger partial charge in [-0.25, -0.2) is 4.98 Å². The van der Waals surface area contributed by atoms with Crippen molar-refractivity contribution in [3.8, 4) is 11.3 Å². The molecule has 0 aliphatic rings. The summed E-state index contributed by atoms with van der Waals surface area (Å²) in [5.74, 6) is -0.0936. The Labute approximate surface area is 144 Å². The number of nitrogens with zero attached hydrogens (tertiary/aromatic N) is 3. The van der Waals surface area contributed by atoms with E-state index in [1.165, 1.54) is 10.9 Å². The monoisotopic (exact) mass is 340 g/mol. The zero-order valence-electron chi connectivity index (χ0n) is 14.2. The van der Waals surface area contributed by atoms with Gasteiger partial charge in [0, 0.05) is 24.6 Å². The van der Waals surface area contributed by atoms with E-state index in [1.54, 1.807) is 0 Å². The van der Waals surface area contributed by atoms with E-state index >= 15 is 0 Å². The van der Waals surface area contributed by atoms with Gasteiger partial charge in [0.1, 0.15) is 11.2 Å². The fourth-order valence-corrected chi connectivity index (χ4v) is 2.47. The first-order valence-corrected chi connectivity index (χ1v) is 8.29. The molecule has 3 aromatic rings. The van der Waals surface area contributed by atoms with E-state index in [2.05, 4.69) is 15.5 Å². The van der Waals surface area contributed by atoms with E-state index in [9.17, 15) is 9.59 Å². The maximum absolute atomic E-state index is 12.5. The summed E-state index contributed by atoms with van der Waals surface area (Å²) in [6.07, 6.45) is 2.50. The van der Waals surface area contributed by atoms with Gasteiger partial charge in [0.25, 0.3) is 11.1 Å². The van der Waals surface area contributed by atoms with Crippen LogP contribution in [-0.4, -0.2) is 26.7 Å². The summed E-state index contributed by atoms with van der Waals surface area (Å²) in [5.41, 5.74) is 1.56. The van der Waals surface area contributed by atoms with Crippen molar-refractivity contribution in [2.24, 2.45) is 0 Å². The number of carbonyl (C=O) groups excluding carboxylic acids is 1. The van der Waals surface area contributed by atoms with Crippen LogP contribution >= 0.6 is 0 Å². The van der Waals surface area contributed by atoms with Crippen LogP contribution in [0.25, 0.3) is 22.4 Å². The van der Waals surface area contributed by atoms with Crippen LogP contribution in [0.3, 0.4) is 0 Å². The molecule has 0 spiro atoms. The number of nitrogens with one attached hydrogen (secondary N) is 1. The van der Waals surface area contributed by atoms with Gasteiger partial charge in [-0.1, -0.05) is 42.4 Å². The van der Waals surface area contributed by atoms with Crippen molar-refractivity contribution in [1.82, 2.24) is 20.0 Å². The van der Waals surface area contributed by atoms with Crippen molar-refractivity contribution in [3.05, 3.63) is 47.0 Å². The summed E-state index contributed by atoms with van der Waals surface area (Å²) in [6, 6.07) is 9.54. The van der Waals surface area contributed by atoms with E-state index in [4.69, 9.17) is 4.52 Å². The number of hydrogen-bond donors (Lipinski definition) is 1. The van der Waals surface area contributed by atoms with Crippen LogP contribution < -0.4 is 10.9 Å². The van der Waals surface area contributed by atoms with Gasteiger partial charge in [-0.2, -0.15) is 0 Å². The van der Waals surface area contributed by atoms with Crippen LogP contribution in [0.15, 0.2) is 46.0 Å². The van der Waals surface area contributed by atoms with E-state index < -0.39 is 0 Å². The fourth-order valence-electron chi connectivity index (χ4n) is 2.47. The highest BCUT2D eigenvalue weighted by Crippen LogP contribution is 2.23. The molecule has 0 saturated heterocycles. The molecule has 0 saturated carbocycles. The highest BCUT2D eigenvalue weighted by molar-refractivity contribution is 5.87. The first-order valence-electron chi connectivity index (χ1n) is 8.29. The van der Waals surface area contributed by atoms with Crippen molar-refractivity contribution in [1.29, 1.82) is 0 Å². The average Bonchev–Trinajstić information content (AvgIpc) is 3.06. The molecule has 25 heavy (non-hydrogen) atoms. The molecule has 0 radical (unpaired) electrons. The van der Waals surface area contributed by atoms with Gasteiger partial charge in [0.15, 0.2) is 0 Å². The molecule has 2 heterocycles. The Morgan fingerprint density at radius 1 is 1.32 bits per heavy atom. The SMILES string of the molecule is CC[C@H](C)NC(=O)CCn1cnc2c(-c3ccccc3)noc2c1=O. The van der Waals surface area contributed by atoms with Crippen molar-refractivity contribution >= 4 is 17.0 Å². The summed E-state index contributed by atoms with van der Waals surface area (Å²) >= 11 is 0. The number of carbonyl (C=O) groups is 1. The lowest BCUT2D eigenvalue weighted by Crippen LogP contribution is -2.33. The quantitative estimate of drug-likeness (QED) is 0.744. The van der Waals surface area contributed by atoms with Gasteiger partial charge < -0.3 is 9.84 Å². The number of fused-ring (bicyclic) bond motifs is 1. The molecule has 1 atom stereocenters. The smallest absolute Gasteiger partial charge is 0.299 e. The maximum Gasteiger partial charge on any atom is 0.299 e. The summed E-state index contributed by atoms with van der Waals surface area (Å²) in [5, 5.41) is 6.85. The van der Waals surface area contributed by atoms with Crippen LogP contribution in [0, 0.1) is 0 Å². The molecular formula is C18H20N4O3. The zero-order valence-corrected chi connectivity index (χ0v) is 14.2. The van der Waals surface area contributed by atoms with Gasteiger partial charge in [-0.05, 0) is 13.3 Å². The molecule has 1 N–H and O–H groups in total. The molecule has 1 aromatic carbocycles. The Morgan fingerprint density at radius 3 is 2.80 bits per heavy atom. The third-order valence-electron chi connectivity index (χ3n) is 4.10. The predicted molar refractivity (Wildman–Crippen MR) is 94.0 cm³/mol. The minimum absolute atomic E-state index is 0.0936. The Balaban J connectivity index is 1.82. The van der Waals surface area contributed by atoms with Gasteiger partial charge in [0.05, 0.1) is 6.33 Å². The van der Waals surface area contributed by atoms with Crippen LogP contribution in [0.1, 0.15) is 26.7 Å². The van der Waals surface area contributed by atoms with Gasteiger partial charge >= 0.3 is 0 Å². The van der Waals surface area contributed by atoms with Crippen molar-refractivity contribution < 1.29 is 9.32 Å². The van der Waals surface area contributed by atoms with Crippen LogP contribution in [0.2, 0.25) is 0 Å². The average molecular weight is 340 g/mol. The summed E-state index contributed by atoms with van der Waals surface area (Å²) in [7, 11) is 0. The predicted octanol–water partition coefficient (Wildman–Crippen LogP) is 2.36. The van der Waals surface area contributed by atoms with E-state index in [1.807, 2.05) is 44.2 Å². The molecule has 0 bridgehead atoms. The molecular weight excluding hydrogens is 320 g/mol. The molecule has 0 aliphatic carbocycles. The van der Waals surface area contributed by atoms with Crippen molar-refractivity contribution in [2.75, 3.05) is 0 Å². The van der Waals surface area contributed by atoms with Gasteiger partial charge in [-0.15, -0.1) is 0 Å². The molecule has 2 aromatic heterocycles. The minimum atomic E-state index is -0.337. The molecule has 3 rings (SSSR count). The lowest BCUT2D eigenvalue weighted by molar-refractivity contribution is -0.121. The number of hydrogen-bond acceptors (Lipinski definition) is 5. The Hall–Kier alpha value is -2.96. The number of benzene rings is 1. The molecule has 0 fully saturated rings. The lowest BCUT2D eigenvalue weighted by Gasteiger charge is -2.11. The van der Waals surface area contributed by atoms with Crippen molar-refractivity contribution in [2.45, 2.75) is 39.3 Å². The van der Waals surface area contributed by atoms with E-state index in [0.717, 1.165) is 12.0 Å². The first-order chi connectivity index (χ1) is 12.1. The van der Waals surface area contributed by atoms with Crippen LogP contribution in [0.4, 0.5) is 0 Å². The Kier molecular flexibility index (Phi) is 4.92. The number of amides is 1. The number of aromatic nitrogens is 3.